The Morgan fingerprint density at radius 2 is 1.67 bits per heavy atom. The molecule has 0 unspecified atom stereocenters. The molecule has 0 bridgehead atoms. The number of halogens is 1. The van der Waals surface area contributed by atoms with E-state index in [4.69, 9.17) is 11.6 Å². The van der Waals surface area contributed by atoms with Gasteiger partial charge in [-0.05, 0) is 36.8 Å². The first-order valence-electron chi connectivity index (χ1n) is 8.82. The van der Waals surface area contributed by atoms with Crippen LogP contribution in [0.3, 0.4) is 0 Å². The predicted molar refractivity (Wildman–Crippen MR) is 108 cm³/mol. The molecule has 0 radical (unpaired) electrons. The Bertz CT molecular complexity index is 911. The summed E-state index contributed by atoms with van der Waals surface area (Å²) in [7, 11) is 0. The Morgan fingerprint density at radius 1 is 0.926 bits per heavy atom. The summed E-state index contributed by atoms with van der Waals surface area (Å²) in [5.74, 6) is 2.24. The average molecular weight is 382 g/mol. The van der Waals surface area contributed by atoms with E-state index in [2.05, 4.69) is 35.1 Å². The number of anilines is 4. The number of aromatic nitrogens is 4. The zero-order chi connectivity index (χ0) is 18.6. The molecule has 8 heteroatoms. The van der Waals surface area contributed by atoms with Gasteiger partial charge in [0.15, 0.2) is 0 Å². The first-order valence-corrected chi connectivity index (χ1v) is 9.20. The zero-order valence-electron chi connectivity index (χ0n) is 15.0. The van der Waals surface area contributed by atoms with Crippen molar-refractivity contribution in [3.8, 4) is 0 Å². The summed E-state index contributed by atoms with van der Waals surface area (Å²) in [6.45, 7) is 5.43. The molecule has 4 rings (SSSR count). The van der Waals surface area contributed by atoms with Crippen LogP contribution in [0.5, 0.6) is 0 Å². The molecule has 1 fully saturated rings. The van der Waals surface area contributed by atoms with E-state index in [9.17, 15) is 0 Å². The van der Waals surface area contributed by atoms with Crippen molar-refractivity contribution in [3.05, 3.63) is 59.5 Å². The molecule has 3 heterocycles. The standard InChI is InChI=1S/C19H20ClN7/c1-14-3-4-15(20)13-16(14)24-18-21-8-5-17(25-18)26-9-11-27(12-10-26)19-22-6-2-7-23-19/h2-8,13H,9-12H2,1H3,(H,21,24,25). The van der Waals surface area contributed by atoms with Crippen LogP contribution in [0.2, 0.25) is 5.02 Å². The molecule has 0 atom stereocenters. The number of nitrogens with zero attached hydrogens (tertiary/aromatic N) is 6. The molecular formula is C19H20ClN7. The number of piperazine rings is 1. The molecule has 1 aliphatic heterocycles. The van der Waals surface area contributed by atoms with E-state index in [1.165, 1.54) is 0 Å². The Labute approximate surface area is 163 Å². The minimum atomic E-state index is 0.562. The van der Waals surface area contributed by atoms with Gasteiger partial charge in [0, 0.05) is 55.5 Å². The number of nitrogens with one attached hydrogen (secondary N) is 1. The Balaban J connectivity index is 1.45. The van der Waals surface area contributed by atoms with Gasteiger partial charge in [0.05, 0.1) is 0 Å². The van der Waals surface area contributed by atoms with Crippen molar-refractivity contribution < 1.29 is 0 Å². The SMILES string of the molecule is Cc1ccc(Cl)cc1Nc1nccc(N2CCN(c3ncccn3)CC2)n1. The molecule has 0 aliphatic carbocycles. The van der Waals surface area contributed by atoms with Gasteiger partial charge in [-0.3, -0.25) is 0 Å². The van der Waals surface area contributed by atoms with Crippen molar-refractivity contribution in [2.45, 2.75) is 6.92 Å². The lowest BCUT2D eigenvalue weighted by Gasteiger charge is -2.35. The van der Waals surface area contributed by atoms with Gasteiger partial charge in [0.25, 0.3) is 0 Å². The van der Waals surface area contributed by atoms with Crippen LogP contribution in [0, 0.1) is 6.92 Å². The summed E-state index contributed by atoms with van der Waals surface area (Å²) in [6.07, 6.45) is 5.32. The van der Waals surface area contributed by atoms with E-state index in [-0.39, 0.29) is 0 Å². The van der Waals surface area contributed by atoms with E-state index >= 15 is 0 Å². The fourth-order valence-corrected chi connectivity index (χ4v) is 3.20. The van der Waals surface area contributed by atoms with Gasteiger partial charge in [-0.25, -0.2) is 15.0 Å². The van der Waals surface area contributed by atoms with Crippen molar-refractivity contribution >= 4 is 35.0 Å². The third-order valence-corrected chi connectivity index (χ3v) is 4.76. The molecule has 138 valence electrons. The fourth-order valence-electron chi connectivity index (χ4n) is 3.02. The van der Waals surface area contributed by atoms with Crippen LogP contribution < -0.4 is 15.1 Å². The van der Waals surface area contributed by atoms with Crippen molar-refractivity contribution in [2.24, 2.45) is 0 Å². The largest absolute Gasteiger partial charge is 0.353 e. The monoisotopic (exact) mass is 381 g/mol. The minimum Gasteiger partial charge on any atom is -0.353 e. The number of aryl methyl sites for hydroxylation is 1. The number of rotatable bonds is 4. The van der Waals surface area contributed by atoms with E-state index in [0.29, 0.717) is 11.0 Å². The number of hydrogen-bond acceptors (Lipinski definition) is 7. The summed E-state index contributed by atoms with van der Waals surface area (Å²) in [6, 6.07) is 9.49. The highest BCUT2D eigenvalue weighted by molar-refractivity contribution is 6.30. The fraction of sp³-hybridized carbons (Fsp3) is 0.263. The van der Waals surface area contributed by atoms with Crippen LogP contribution in [0.1, 0.15) is 5.56 Å². The third kappa shape index (κ3) is 4.09. The second-order valence-corrected chi connectivity index (χ2v) is 6.78. The van der Waals surface area contributed by atoms with Crippen LogP contribution >= 0.6 is 11.6 Å². The van der Waals surface area contributed by atoms with Crippen LogP contribution in [0.4, 0.5) is 23.4 Å². The van der Waals surface area contributed by atoms with Crippen molar-refractivity contribution in [1.82, 2.24) is 19.9 Å². The van der Waals surface area contributed by atoms with Crippen LogP contribution in [0.15, 0.2) is 48.9 Å². The molecule has 1 N–H and O–H groups in total. The van der Waals surface area contributed by atoms with Crippen molar-refractivity contribution in [3.63, 3.8) is 0 Å². The highest BCUT2D eigenvalue weighted by Crippen LogP contribution is 2.24. The molecule has 27 heavy (non-hydrogen) atoms. The molecule has 1 saturated heterocycles. The maximum Gasteiger partial charge on any atom is 0.229 e. The Kier molecular flexibility index (Phi) is 5.02. The van der Waals surface area contributed by atoms with Crippen molar-refractivity contribution in [2.75, 3.05) is 41.3 Å². The number of hydrogen-bond donors (Lipinski definition) is 1. The summed E-state index contributed by atoms with van der Waals surface area (Å²) in [5.41, 5.74) is 2.00. The average Bonchev–Trinajstić information content (AvgIpc) is 2.72. The highest BCUT2D eigenvalue weighted by Gasteiger charge is 2.20. The van der Waals surface area contributed by atoms with Gasteiger partial charge >= 0.3 is 0 Å². The Hall–Kier alpha value is -2.93. The molecular weight excluding hydrogens is 362 g/mol. The van der Waals surface area contributed by atoms with Gasteiger partial charge in [-0.2, -0.15) is 4.98 Å². The molecule has 0 saturated carbocycles. The second kappa shape index (κ2) is 7.75. The maximum atomic E-state index is 6.10. The molecule has 3 aromatic rings. The predicted octanol–water partition coefficient (Wildman–Crippen LogP) is 3.30. The van der Waals surface area contributed by atoms with E-state index in [1.54, 1.807) is 18.6 Å². The van der Waals surface area contributed by atoms with Gasteiger partial charge in [0.2, 0.25) is 11.9 Å². The topological polar surface area (TPSA) is 70.1 Å². The molecule has 7 nitrogen and oxygen atoms in total. The molecule has 0 amide bonds. The van der Waals surface area contributed by atoms with Gasteiger partial charge in [-0.15, -0.1) is 0 Å². The summed E-state index contributed by atoms with van der Waals surface area (Å²) in [4.78, 5) is 22.1. The highest BCUT2D eigenvalue weighted by atomic mass is 35.5. The maximum absolute atomic E-state index is 6.10. The lowest BCUT2D eigenvalue weighted by Crippen LogP contribution is -2.47. The minimum absolute atomic E-state index is 0.562. The molecule has 0 spiro atoms. The van der Waals surface area contributed by atoms with Crippen LogP contribution in [0.25, 0.3) is 0 Å². The lowest BCUT2D eigenvalue weighted by atomic mass is 10.2. The van der Waals surface area contributed by atoms with Crippen LogP contribution in [-0.2, 0) is 0 Å². The van der Waals surface area contributed by atoms with Gasteiger partial charge in [0.1, 0.15) is 5.82 Å². The van der Waals surface area contributed by atoms with E-state index < -0.39 is 0 Å². The van der Waals surface area contributed by atoms with Gasteiger partial charge < -0.3 is 15.1 Å². The van der Waals surface area contributed by atoms with Crippen molar-refractivity contribution in [1.29, 1.82) is 0 Å². The zero-order valence-corrected chi connectivity index (χ0v) is 15.8. The Morgan fingerprint density at radius 3 is 2.44 bits per heavy atom. The third-order valence-electron chi connectivity index (χ3n) is 4.53. The summed E-state index contributed by atoms with van der Waals surface area (Å²) < 4.78 is 0. The van der Waals surface area contributed by atoms with E-state index in [0.717, 1.165) is 49.2 Å². The molecule has 1 aromatic carbocycles. The first kappa shape index (κ1) is 17.5. The lowest BCUT2D eigenvalue weighted by molar-refractivity contribution is 0.634. The van der Waals surface area contributed by atoms with E-state index in [1.807, 2.05) is 37.3 Å². The normalized spacial score (nSPS) is 14.3. The second-order valence-electron chi connectivity index (χ2n) is 6.35. The smallest absolute Gasteiger partial charge is 0.229 e. The first-order chi connectivity index (χ1) is 13.2. The number of benzene rings is 1. The molecule has 1 aliphatic rings. The molecule has 2 aromatic heterocycles. The summed E-state index contributed by atoms with van der Waals surface area (Å²) >= 11 is 6.10. The van der Waals surface area contributed by atoms with Crippen LogP contribution in [-0.4, -0.2) is 46.1 Å². The van der Waals surface area contributed by atoms with Gasteiger partial charge in [-0.1, -0.05) is 17.7 Å². The quantitative estimate of drug-likeness (QED) is 0.743. The summed E-state index contributed by atoms with van der Waals surface area (Å²) in [5, 5.41) is 3.94.